The molecule has 0 bridgehead atoms. The number of carbonyl (C=O) groups is 1. The first kappa shape index (κ1) is 28.5. The number of hydrogen-bond acceptors (Lipinski definition) is 7. The highest BCUT2D eigenvalue weighted by molar-refractivity contribution is 7.80. The van der Waals surface area contributed by atoms with Gasteiger partial charge < -0.3 is 14.0 Å². The third-order valence-corrected chi connectivity index (χ3v) is 4.64. The molecule has 1 aromatic heterocycles. The van der Waals surface area contributed by atoms with Crippen LogP contribution < -0.4 is 4.57 Å². The fraction of sp³-hybridized carbons (Fsp3) is 0.800. The van der Waals surface area contributed by atoms with Crippen molar-refractivity contribution in [3.05, 3.63) is 18.7 Å². The highest BCUT2D eigenvalue weighted by Crippen LogP contribution is 2.05. The Morgan fingerprint density at radius 3 is 2.33 bits per heavy atom. The molecule has 0 radical (unpaired) electrons. The van der Waals surface area contributed by atoms with E-state index in [2.05, 4.69) is 18.0 Å². The van der Waals surface area contributed by atoms with Crippen LogP contribution >= 0.6 is 0 Å². The Morgan fingerprint density at radius 1 is 1.10 bits per heavy atom. The number of aromatic nitrogens is 2. The molecule has 176 valence electrons. The van der Waals surface area contributed by atoms with Gasteiger partial charge in [0.05, 0.1) is 26.4 Å². The van der Waals surface area contributed by atoms with Gasteiger partial charge in [0.15, 0.2) is 6.54 Å². The molecule has 0 aliphatic rings. The Balaban J connectivity index is 0.000000584. The Kier molecular flexibility index (Phi) is 16.4. The van der Waals surface area contributed by atoms with E-state index in [4.69, 9.17) is 9.47 Å². The number of carbonyl (C=O) groups excluding carboxylic acids is 1. The second kappa shape index (κ2) is 17.2. The van der Waals surface area contributed by atoms with E-state index in [-0.39, 0.29) is 25.2 Å². The summed E-state index contributed by atoms with van der Waals surface area (Å²) in [4.78, 5) is 11.4. The van der Waals surface area contributed by atoms with Gasteiger partial charge in [0, 0.05) is 0 Å². The van der Waals surface area contributed by atoms with Gasteiger partial charge in [-0.25, -0.2) is 22.3 Å². The number of rotatable bonds is 15. The highest BCUT2D eigenvalue weighted by Gasteiger charge is 2.09. The smallest absolute Gasteiger partial charge is 0.348 e. The van der Waals surface area contributed by atoms with E-state index in [9.17, 15) is 17.8 Å². The quantitative estimate of drug-likeness (QED) is 0.133. The van der Waals surface area contributed by atoms with Gasteiger partial charge in [-0.15, -0.1) is 0 Å². The number of aryl methyl sites for hydroxylation is 1. The minimum absolute atomic E-state index is 0.0258. The van der Waals surface area contributed by atoms with E-state index in [0.717, 1.165) is 19.3 Å². The predicted octanol–water partition coefficient (Wildman–Crippen LogP) is 2.49. The van der Waals surface area contributed by atoms with Crippen LogP contribution in [0.1, 0.15) is 65.7 Å². The van der Waals surface area contributed by atoms with Gasteiger partial charge in [0.1, 0.15) is 19.0 Å². The number of nitrogens with zero attached hydrogens (tertiary/aromatic N) is 2. The molecule has 1 heterocycles. The van der Waals surface area contributed by atoms with Crippen LogP contribution in [-0.2, 0) is 42.4 Å². The van der Waals surface area contributed by atoms with Crippen molar-refractivity contribution in [3.8, 4) is 0 Å². The molecule has 0 N–H and O–H groups in total. The molecule has 0 saturated carbocycles. The zero-order valence-electron chi connectivity index (χ0n) is 18.7. The number of esters is 1. The lowest BCUT2D eigenvalue weighted by molar-refractivity contribution is -0.671. The summed E-state index contributed by atoms with van der Waals surface area (Å²) in [7, 11) is -2.57. The summed E-state index contributed by atoms with van der Waals surface area (Å²) in [6.07, 6.45) is 12.9. The summed E-state index contributed by atoms with van der Waals surface area (Å²) in [5.74, 6) is -0.242. The van der Waals surface area contributed by atoms with Crippen LogP contribution in [0.5, 0.6) is 0 Å². The standard InChI is InChI=1S/C12H21N2O3.C8H18O4S/c1-4-11(2)16-7-8-17-12(15)9-14-6-5-13(3)10-14;1-2-3-4-5-6-7-8-12-13(9,10)11/h5-6,10-11H,4,7-9H2,1-3H3;2-8H2,1H3,(H,9,10,11)/q+1;/p-1. The summed E-state index contributed by atoms with van der Waals surface area (Å²) in [5, 5.41) is 0. The molecular weight excluding hydrogens is 412 g/mol. The maximum absolute atomic E-state index is 11.4. The van der Waals surface area contributed by atoms with Crippen LogP contribution in [0.3, 0.4) is 0 Å². The van der Waals surface area contributed by atoms with Gasteiger partial charge in [-0.3, -0.25) is 4.18 Å². The van der Waals surface area contributed by atoms with Crippen LogP contribution in [0.2, 0.25) is 0 Å². The molecule has 1 aromatic rings. The summed E-state index contributed by atoms with van der Waals surface area (Å²) in [6, 6.07) is 0. The first-order valence-electron chi connectivity index (χ1n) is 10.6. The van der Waals surface area contributed by atoms with E-state index < -0.39 is 10.4 Å². The monoisotopic (exact) mass is 450 g/mol. The molecule has 0 fully saturated rings. The number of imidazole rings is 1. The van der Waals surface area contributed by atoms with Gasteiger partial charge in [-0.1, -0.05) is 46.0 Å². The number of ether oxygens (including phenoxy) is 2. The molecular formula is C20H38N2O7S. The molecule has 0 saturated heterocycles. The number of hydrogen-bond donors (Lipinski definition) is 0. The topological polar surface area (TPSA) is 111 Å². The van der Waals surface area contributed by atoms with Crippen LogP contribution in [0.4, 0.5) is 0 Å². The zero-order valence-corrected chi connectivity index (χ0v) is 19.6. The molecule has 0 aliphatic carbocycles. The maximum atomic E-state index is 11.4. The molecule has 30 heavy (non-hydrogen) atoms. The van der Waals surface area contributed by atoms with Gasteiger partial charge in [0.2, 0.25) is 16.7 Å². The minimum atomic E-state index is -4.47. The van der Waals surface area contributed by atoms with E-state index in [1.165, 1.54) is 19.3 Å². The maximum Gasteiger partial charge on any atom is 0.348 e. The van der Waals surface area contributed by atoms with Gasteiger partial charge in [-0.2, -0.15) is 0 Å². The van der Waals surface area contributed by atoms with Crippen molar-refractivity contribution in [2.75, 3.05) is 19.8 Å². The molecule has 0 spiro atoms. The van der Waals surface area contributed by atoms with E-state index in [1.54, 1.807) is 4.57 Å². The number of unbranched alkanes of at least 4 members (excludes halogenated alkanes) is 5. The van der Waals surface area contributed by atoms with Crippen LogP contribution in [0, 0.1) is 0 Å². The second-order valence-electron chi connectivity index (χ2n) is 7.06. The first-order valence-corrected chi connectivity index (χ1v) is 11.9. The van der Waals surface area contributed by atoms with Crippen molar-refractivity contribution in [2.24, 2.45) is 7.05 Å². The third kappa shape index (κ3) is 18.5. The molecule has 1 rings (SSSR count). The Morgan fingerprint density at radius 2 is 1.77 bits per heavy atom. The molecule has 0 amide bonds. The van der Waals surface area contributed by atoms with Crippen LogP contribution in [-0.4, -0.2) is 49.4 Å². The molecule has 1 atom stereocenters. The van der Waals surface area contributed by atoms with Crippen molar-refractivity contribution in [2.45, 2.75) is 78.4 Å². The lowest BCUT2D eigenvalue weighted by Gasteiger charge is -2.10. The molecule has 9 nitrogen and oxygen atoms in total. The summed E-state index contributed by atoms with van der Waals surface area (Å²) >= 11 is 0. The van der Waals surface area contributed by atoms with E-state index in [1.807, 2.05) is 37.3 Å². The predicted molar refractivity (Wildman–Crippen MR) is 111 cm³/mol. The fourth-order valence-corrected chi connectivity index (χ4v) is 2.68. The largest absolute Gasteiger partial charge is 0.726 e. The van der Waals surface area contributed by atoms with E-state index in [0.29, 0.717) is 19.6 Å². The van der Waals surface area contributed by atoms with Gasteiger partial charge in [-0.05, 0) is 19.8 Å². The summed E-state index contributed by atoms with van der Waals surface area (Å²) in [6.45, 7) is 7.23. The molecule has 1 unspecified atom stereocenters. The zero-order chi connectivity index (χ0) is 22.8. The second-order valence-corrected chi connectivity index (χ2v) is 8.11. The Bertz CT molecular complexity index is 662. The lowest BCUT2D eigenvalue weighted by atomic mass is 10.1. The summed E-state index contributed by atoms with van der Waals surface area (Å²) in [5.41, 5.74) is 0. The minimum Gasteiger partial charge on any atom is -0.726 e. The van der Waals surface area contributed by atoms with Crippen LogP contribution in [0.25, 0.3) is 0 Å². The van der Waals surface area contributed by atoms with Crippen LogP contribution in [0.15, 0.2) is 18.7 Å². The van der Waals surface area contributed by atoms with Gasteiger partial charge >= 0.3 is 5.97 Å². The van der Waals surface area contributed by atoms with Crippen molar-refractivity contribution in [1.29, 1.82) is 0 Å². The molecule has 0 aliphatic heterocycles. The average molecular weight is 451 g/mol. The normalized spacial score (nSPS) is 12.2. The summed E-state index contributed by atoms with van der Waals surface area (Å²) < 4.78 is 48.1. The molecule has 0 aromatic carbocycles. The highest BCUT2D eigenvalue weighted by atomic mass is 32.3. The Hall–Kier alpha value is -1.49. The lowest BCUT2D eigenvalue weighted by Crippen LogP contribution is -2.24. The van der Waals surface area contributed by atoms with Crippen molar-refractivity contribution >= 4 is 16.4 Å². The van der Waals surface area contributed by atoms with Gasteiger partial charge in [0.25, 0.3) is 0 Å². The van der Waals surface area contributed by atoms with Crippen molar-refractivity contribution in [1.82, 2.24) is 4.57 Å². The fourth-order valence-electron chi connectivity index (χ4n) is 2.36. The van der Waals surface area contributed by atoms with E-state index >= 15 is 0 Å². The molecule has 10 heteroatoms. The van der Waals surface area contributed by atoms with Crippen molar-refractivity contribution < 1.29 is 36.0 Å². The average Bonchev–Trinajstić information content (AvgIpc) is 3.08. The Labute approximate surface area is 181 Å². The third-order valence-electron chi connectivity index (χ3n) is 4.18. The first-order chi connectivity index (χ1) is 14.2. The van der Waals surface area contributed by atoms with Crippen molar-refractivity contribution in [3.63, 3.8) is 0 Å². The SMILES string of the molecule is CCC(C)OCCOC(=O)Cn1cc[n+](C)c1.CCCCCCCCOS(=O)(=O)[O-].